The molecule has 140 valence electrons. The first-order chi connectivity index (χ1) is 13.6. The molecule has 7 nitrogen and oxygen atoms in total. The predicted octanol–water partition coefficient (Wildman–Crippen LogP) is 4.45. The maximum atomic E-state index is 11.6. The number of hydrogen-bond acceptors (Lipinski definition) is 6. The smallest absolute Gasteiger partial charge is 0.237 e. The number of benzene rings is 2. The SMILES string of the molecule is COc1cc(C(C)=O)ccc1Oc1ccc2nnc(-c3ccccc3Cl)n2n1. The van der Waals surface area contributed by atoms with E-state index in [0.29, 0.717) is 45.0 Å². The molecule has 0 radical (unpaired) electrons. The first-order valence-electron chi connectivity index (χ1n) is 8.41. The third-order valence-corrected chi connectivity index (χ3v) is 4.47. The number of ketones is 1. The van der Waals surface area contributed by atoms with Gasteiger partial charge in [0.15, 0.2) is 28.8 Å². The van der Waals surface area contributed by atoms with Crippen LogP contribution >= 0.6 is 11.6 Å². The standard InChI is InChI=1S/C20H15ClN4O3/c1-12(26)13-7-8-16(17(11-13)27-2)28-19-10-9-18-22-23-20(25(18)24-19)14-5-3-4-6-15(14)21/h3-11H,1-2H3. The molecule has 0 saturated heterocycles. The summed E-state index contributed by atoms with van der Waals surface area (Å²) < 4.78 is 12.8. The number of nitrogens with zero attached hydrogens (tertiary/aromatic N) is 4. The summed E-state index contributed by atoms with van der Waals surface area (Å²) in [5.41, 5.74) is 1.80. The van der Waals surface area contributed by atoms with Crippen molar-refractivity contribution in [3.8, 4) is 28.8 Å². The Morgan fingerprint density at radius 1 is 1.04 bits per heavy atom. The Morgan fingerprint density at radius 2 is 1.86 bits per heavy atom. The molecule has 0 fully saturated rings. The molecule has 8 heteroatoms. The lowest BCUT2D eigenvalue weighted by atomic mass is 10.1. The second kappa shape index (κ2) is 7.28. The second-order valence-electron chi connectivity index (χ2n) is 5.97. The van der Waals surface area contributed by atoms with Gasteiger partial charge in [-0.3, -0.25) is 4.79 Å². The van der Waals surface area contributed by atoms with Crippen molar-refractivity contribution in [2.24, 2.45) is 0 Å². The lowest BCUT2D eigenvalue weighted by Crippen LogP contribution is -2.00. The van der Waals surface area contributed by atoms with Gasteiger partial charge < -0.3 is 9.47 Å². The fourth-order valence-electron chi connectivity index (χ4n) is 2.72. The lowest BCUT2D eigenvalue weighted by Gasteiger charge is -2.11. The third-order valence-electron chi connectivity index (χ3n) is 4.14. The molecule has 0 unspecified atom stereocenters. The summed E-state index contributed by atoms with van der Waals surface area (Å²) in [7, 11) is 1.51. The minimum absolute atomic E-state index is 0.0572. The number of Topliss-reactive ketones (excluding diaryl/α,β-unsaturated/α-hetero) is 1. The molecule has 0 aliphatic rings. The van der Waals surface area contributed by atoms with Gasteiger partial charge in [-0.05, 0) is 43.3 Å². The summed E-state index contributed by atoms with van der Waals surface area (Å²) in [6, 6.07) is 15.7. The number of carbonyl (C=O) groups is 1. The van der Waals surface area contributed by atoms with Gasteiger partial charge in [-0.15, -0.1) is 15.3 Å². The average molecular weight is 395 g/mol. The number of aromatic nitrogens is 4. The van der Waals surface area contributed by atoms with Crippen LogP contribution in [0.4, 0.5) is 0 Å². The highest BCUT2D eigenvalue weighted by Crippen LogP contribution is 2.32. The van der Waals surface area contributed by atoms with E-state index in [1.54, 1.807) is 40.9 Å². The molecule has 4 aromatic rings. The Morgan fingerprint density at radius 3 is 2.61 bits per heavy atom. The minimum Gasteiger partial charge on any atom is -0.493 e. The zero-order valence-electron chi connectivity index (χ0n) is 15.1. The monoisotopic (exact) mass is 394 g/mol. The van der Waals surface area contributed by atoms with E-state index in [0.717, 1.165) is 0 Å². The zero-order valence-corrected chi connectivity index (χ0v) is 15.8. The van der Waals surface area contributed by atoms with Crippen molar-refractivity contribution >= 4 is 23.0 Å². The zero-order chi connectivity index (χ0) is 19.7. The van der Waals surface area contributed by atoms with Crippen molar-refractivity contribution < 1.29 is 14.3 Å². The molecule has 0 spiro atoms. The summed E-state index contributed by atoms with van der Waals surface area (Å²) in [5.74, 6) is 1.63. The number of fused-ring (bicyclic) bond motifs is 1. The quantitative estimate of drug-likeness (QED) is 0.465. The van der Waals surface area contributed by atoms with E-state index in [4.69, 9.17) is 21.1 Å². The lowest BCUT2D eigenvalue weighted by molar-refractivity contribution is 0.101. The van der Waals surface area contributed by atoms with Crippen molar-refractivity contribution in [1.29, 1.82) is 0 Å². The molecule has 0 aliphatic carbocycles. The number of hydrogen-bond donors (Lipinski definition) is 0. The summed E-state index contributed by atoms with van der Waals surface area (Å²) in [5, 5.41) is 13.3. The first kappa shape index (κ1) is 17.9. The van der Waals surface area contributed by atoms with Gasteiger partial charge in [0, 0.05) is 17.2 Å². The van der Waals surface area contributed by atoms with Crippen molar-refractivity contribution in [3.05, 3.63) is 65.2 Å². The van der Waals surface area contributed by atoms with Crippen molar-refractivity contribution in [2.75, 3.05) is 7.11 Å². The normalized spacial score (nSPS) is 10.8. The molecule has 0 atom stereocenters. The van der Waals surface area contributed by atoms with Gasteiger partial charge in [-0.25, -0.2) is 0 Å². The first-order valence-corrected chi connectivity index (χ1v) is 8.79. The predicted molar refractivity (Wildman–Crippen MR) is 104 cm³/mol. The molecule has 2 aromatic heterocycles. The van der Waals surface area contributed by atoms with Gasteiger partial charge in [-0.2, -0.15) is 4.52 Å². The van der Waals surface area contributed by atoms with Gasteiger partial charge in [0.1, 0.15) is 0 Å². The van der Waals surface area contributed by atoms with Crippen LogP contribution in [-0.4, -0.2) is 32.7 Å². The molecule has 2 heterocycles. The molecule has 2 aromatic carbocycles. The Bertz CT molecular complexity index is 1190. The maximum absolute atomic E-state index is 11.6. The van der Waals surface area contributed by atoms with Crippen LogP contribution in [-0.2, 0) is 0 Å². The van der Waals surface area contributed by atoms with Crippen LogP contribution < -0.4 is 9.47 Å². The van der Waals surface area contributed by atoms with E-state index >= 15 is 0 Å². The molecule has 0 N–H and O–H groups in total. The topological polar surface area (TPSA) is 78.6 Å². The number of rotatable bonds is 5. The Kier molecular flexibility index (Phi) is 4.67. The molecule has 4 rings (SSSR count). The van der Waals surface area contributed by atoms with E-state index in [9.17, 15) is 4.79 Å². The molecule has 28 heavy (non-hydrogen) atoms. The van der Waals surface area contributed by atoms with Crippen LogP contribution in [0, 0.1) is 0 Å². The molecule has 0 aliphatic heterocycles. The Balaban J connectivity index is 1.74. The summed E-state index contributed by atoms with van der Waals surface area (Å²) >= 11 is 6.28. The fraction of sp³-hybridized carbons (Fsp3) is 0.100. The van der Waals surface area contributed by atoms with Gasteiger partial charge in [0.2, 0.25) is 5.88 Å². The van der Waals surface area contributed by atoms with Crippen LogP contribution in [0.3, 0.4) is 0 Å². The van der Waals surface area contributed by atoms with E-state index in [2.05, 4.69) is 15.3 Å². The number of carbonyl (C=O) groups excluding carboxylic acids is 1. The van der Waals surface area contributed by atoms with Gasteiger partial charge in [0.25, 0.3) is 0 Å². The fourth-order valence-corrected chi connectivity index (χ4v) is 2.94. The van der Waals surface area contributed by atoms with E-state index in [1.807, 2.05) is 18.2 Å². The molecule has 0 saturated carbocycles. The average Bonchev–Trinajstić information content (AvgIpc) is 3.11. The van der Waals surface area contributed by atoms with Crippen LogP contribution in [0.5, 0.6) is 17.4 Å². The van der Waals surface area contributed by atoms with E-state index < -0.39 is 0 Å². The number of ether oxygens (including phenoxy) is 2. The van der Waals surface area contributed by atoms with Gasteiger partial charge in [-0.1, -0.05) is 23.7 Å². The molecule has 0 amide bonds. The highest BCUT2D eigenvalue weighted by atomic mass is 35.5. The van der Waals surface area contributed by atoms with Crippen molar-refractivity contribution in [1.82, 2.24) is 19.8 Å². The number of methoxy groups -OCH3 is 1. The second-order valence-corrected chi connectivity index (χ2v) is 6.38. The van der Waals surface area contributed by atoms with Crippen LogP contribution in [0.2, 0.25) is 5.02 Å². The number of halogens is 1. The van der Waals surface area contributed by atoms with Crippen LogP contribution in [0.25, 0.3) is 17.0 Å². The van der Waals surface area contributed by atoms with Crippen LogP contribution in [0.1, 0.15) is 17.3 Å². The van der Waals surface area contributed by atoms with Crippen molar-refractivity contribution in [3.63, 3.8) is 0 Å². The Hall–Kier alpha value is -3.45. The Labute approximate surface area is 165 Å². The molecular weight excluding hydrogens is 380 g/mol. The maximum Gasteiger partial charge on any atom is 0.237 e. The van der Waals surface area contributed by atoms with E-state index in [1.165, 1.54) is 14.0 Å². The van der Waals surface area contributed by atoms with Crippen LogP contribution in [0.15, 0.2) is 54.6 Å². The van der Waals surface area contributed by atoms with Gasteiger partial charge in [0.05, 0.1) is 12.1 Å². The third kappa shape index (κ3) is 3.27. The highest BCUT2D eigenvalue weighted by Gasteiger charge is 2.15. The minimum atomic E-state index is -0.0572. The van der Waals surface area contributed by atoms with E-state index in [-0.39, 0.29) is 5.78 Å². The largest absolute Gasteiger partial charge is 0.493 e. The summed E-state index contributed by atoms with van der Waals surface area (Å²) in [6.45, 7) is 1.49. The molecule has 0 bridgehead atoms. The van der Waals surface area contributed by atoms with Gasteiger partial charge >= 0.3 is 0 Å². The molecular formula is C20H15ClN4O3. The highest BCUT2D eigenvalue weighted by molar-refractivity contribution is 6.33. The van der Waals surface area contributed by atoms with Crippen molar-refractivity contribution in [2.45, 2.75) is 6.92 Å². The summed E-state index contributed by atoms with van der Waals surface area (Å²) in [4.78, 5) is 11.6. The summed E-state index contributed by atoms with van der Waals surface area (Å²) in [6.07, 6.45) is 0.